The summed E-state index contributed by atoms with van der Waals surface area (Å²) in [7, 11) is 0. The zero-order chi connectivity index (χ0) is 18.2. The lowest BCUT2D eigenvalue weighted by molar-refractivity contribution is -0.133. The average molecular weight is 350 g/mol. The maximum Gasteiger partial charge on any atom is 0.319 e. The molecule has 0 saturated carbocycles. The smallest absolute Gasteiger partial charge is 0.319 e. The number of nitrogens with zero attached hydrogens (tertiary/aromatic N) is 1. The largest absolute Gasteiger partial charge is 0.342 e. The number of nitrogens with two attached hydrogens (primary N) is 1. The summed E-state index contributed by atoms with van der Waals surface area (Å²) in [5.74, 6) is -0.0384. The SMILES string of the molecule is CC(N)CCC(=O)N1CCCC(CNC(=O)Nc2cccc(F)c2)C1. The molecule has 2 atom stereocenters. The first-order valence-corrected chi connectivity index (χ1v) is 8.78. The van der Waals surface area contributed by atoms with E-state index < -0.39 is 5.82 Å². The van der Waals surface area contributed by atoms with Crippen molar-refractivity contribution in [2.75, 3.05) is 25.0 Å². The highest BCUT2D eigenvalue weighted by Gasteiger charge is 2.23. The van der Waals surface area contributed by atoms with Crippen molar-refractivity contribution in [1.29, 1.82) is 0 Å². The van der Waals surface area contributed by atoms with Gasteiger partial charge in [0.15, 0.2) is 0 Å². The summed E-state index contributed by atoms with van der Waals surface area (Å²) in [5, 5.41) is 5.40. The van der Waals surface area contributed by atoms with Crippen molar-refractivity contribution >= 4 is 17.6 Å². The van der Waals surface area contributed by atoms with E-state index in [2.05, 4.69) is 10.6 Å². The van der Waals surface area contributed by atoms with Crippen LogP contribution in [0.4, 0.5) is 14.9 Å². The topological polar surface area (TPSA) is 87.5 Å². The molecule has 0 aliphatic carbocycles. The number of hydrogen-bond donors (Lipinski definition) is 3. The summed E-state index contributed by atoms with van der Waals surface area (Å²) in [4.78, 5) is 26.0. The molecule has 1 aliphatic heterocycles. The predicted molar refractivity (Wildman–Crippen MR) is 95.6 cm³/mol. The number of halogens is 1. The molecular weight excluding hydrogens is 323 g/mol. The number of nitrogens with one attached hydrogen (secondary N) is 2. The molecule has 2 rings (SSSR count). The van der Waals surface area contributed by atoms with E-state index in [9.17, 15) is 14.0 Å². The number of carbonyl (C=O) groups excluding carboxylic acids is 2. The van der Waals surface area contributed by atoms with Gasteiger partial charge < -0.3 is 21.3 Å². The summed E-state index contributed by atoms with van der Waals surface area (Å²) in [6, 6.07) is 5.41. The standard InChI is InChI=1S/C18H27FN4O2/c1-13(20)7-8-17(24)23-9-3-4-14(12-23)11-21-18(25)22-16-6-2-5-15(19)10-16/h2,5-6,10,13-14H,3-4,7-9,11-12,20H2,1H3,(H2,21,22,25). The molecule has 3 amide bonds. The summed E-state index contributed by atoms with van der Waals surface area (Å²) >= 11 is 0. The van der Waals surface area contributed by atoms with Crippen molar-refractivity contribution in [3.8, 4) is 0 Å². The van der Waals surface area contributed by atoms with Crippen LogP contribution in [0.3, 0.4) is 0 Å². The van der Waals surface area contributed by atoms with Gasteiger partial charge in [-0.15, -0.1) is 0 Å². The zero-order valence-corrected chi connectivity index (χ0v) is 14.6. The number of rotatable bonds is 6. The van der Waals surface area contributed by atoms with Crippen LogP contribution in [0.1, 0.15) is 32.6 Å². The number of amides is 3. The van der Waals surface area contributed by atoms with Crippen LogP contribution in [0.2, 0.25) is 0 Å². The summed E-state index contributed by atoms with van der Waals surface area (Å²) < 4.78 is 13.1. The van der Waals surface area contributed by atoms with E-state index in [1.54, 1.807) is 6.07 Å². The summed E-state index contributed by atoms with van der Waals surface area (Å²) in [6.07, 6.45) is 3.06. The van der Waals surface area contributed by atoms with Gasteiger partial charge in [0.05, 0.1) is 0 Å². The van der Waals surface area contributed by atoms with E-state index in [1.165, 1.54) is 18.2 Å². The van der Waals surface area contributed by atoms with Gasteiger partial charge in [-0.3, -0.25) is 4.79 Å². The van der Waals surface area contributed by atoms with Crippen LogP contribution >= 0.6 is 0 Å². The van der Waals surface area contributed by atoms with Crippen molar-refractivity contribution in [2.24, 2.45) is 11.7 Å². The molecule has 4 N–H and O–H groups in total. The number of urea groups is 1. The summed E-state index contributed by atoms with van der Waals surface area (Å²) in [5.41, 5.74) is 6.11. The fourth-order valence-corrected chi connectivity index (χ4v) is 2.95. The Morgan fingerprint density at radius 1 is 1.44 bits per heavy atom. The Morgan fingerprint density at radius 2 is 2.24 bits per heavy atom. The molecule has 1 aromatic carbocycles. The molecule has 1 saturated heterocycles. The highest BCUT2D eigenvalue weighted by molar-refractivity contribution is 5.89. The molecule has 0 spiro atoms. The van der Waals surface area contributed by atoms with Gasteiger partial charge >= 0.3 is 6.03 Å². The fourth-order valence-electron chi connectivity index (χ4n) is 2.95. The Hall–Kier alpha value is -2.15. The fraction of sp³-hybridized carbons (Fsp3) is 0.556. The third-order valence-electron chi connectivity index (χ3n) is 4.32. The van der Waals surface area contributed by atoms with Crippen LogP contribution in [-0.4, -0.2) is 42.5 Å². The third-order valence-corrected chi connectivity index (χ3v) is 4.32. The van der Waals surface area contributed by atoms with Crippen LogP contribution in [0.5, 0.6) is 0 Å². The second-order valence-electron chi connectivity index (χ2n) is 6.71. The molecule has 6 nitrogen and oxygen atoms in total. The Bertz CT molecular complexity index is 594. The molecule has 7 heteroatoms. The van der Waals surface area contributed by atoms with Gasteiger partial charge in [0.25, 0.3) is 0 Å². The molecule has 138 valence electrons. The Kier molecular flexibility index (Phi) is 7.18. The number of likely N-dealkylation sites (tertiary alicyclic amines) is 1. The molecular formula is C18H27FN4O2. The minimum Gasteiger partial charge on any atom is -0.342 e. The monoisotopic (exact) mass is 350 g/mol. The minimum atomic E-state index is -0.397. The Balaban J connectivity index is 1.74. The average Bonchev–Trinajstić information content (AvgIpc) is 2.58. The molecule has 2 unspecified atom stereocenters. The van der Waals surface area contributed by atoms with Crippen molar-refractivity contribution < 1.29 is 14.0 Å². The van der Waals surface area contributed by atoms with Crippen LogP contribution < -0.4 is 16.4 Å². The van der Waals surface area contributed by atoms with Crippen molar-refractivity contribution in [1.82, 2.24) is 10.2 Å². The molecule has 1 heterocycles. The van der Waals surface area contributed by atoms with E-state index in [0.29, 0.717) is 31.6 Å². The van der Waals surface area contributed by atoms with Crippen molar-refractivity contribution in [3.63, 3.8) is 0 Å². The number of anilines is 1. The van der Waals surface area contributed by atoms with E-state index in [1.807, 2.05) is 11.8 Å². The van der Waals surface area contributed by atoms with Gasteiger partial charge in [0, 0.05) is 37.8 Å². The van der Waals surface area contributed by atoms with Gasteiger partial charge in [-0.2, -0.15) is 0 Å². The molecule has 25 heavy (non-hydrogen) atoms. The first-order valence-electron chi connectivity index (χ1n) is 8.78. The minimum absolute atomic E-state index is 0.0257. The van der Waals surface area contributed by atoms with Crippen LogP contribution in [-0.2, 0) is 4.79 Å². The highest BCUT2D eigenvalue weighted by Crippen LogP contribution is 2.17. The number of carbonyl (C=O) groups is 2. The van der Waals surface area contributed by atoms with Crippen molar-refractivity contribution in [3.05, 3.63) is 30.1 Å². The predicted octanol–water partition coefficient (Wildman–Crippen LogP) is 2.31. The first kappa shape index (κ1) is 19.2. The molecule has 0 radical (unpaired) electrons. The second-order valence-corrected chi connectivity index (χ2v) is 6.71. The lowest BCUT2D eigenvalue weighted by Crippen LogP contribution is -2.44. The molecule has 0 aromatic heterocycles. The maximum atomic E-state index is 13.1. The van der Waals surface area contributed by atoms with E-state index in [-0.39, 0.29) is 23.9 Å². The normalized spacial score (nSPS) is 18.5. The zero-order valence-electron chi connectivity index (χ0n) is 14.6. The number of benzene rings is 1. The quantitative estimate of drug-likeness (QED) is 0.736. The van der Waals surface area contributed by atoms with Crippen LogP contribution in [0, 0.1) is 11.7 Å². The first-order chi connectivity index (χ1) is 11.9. The maximum absolute atomic E-state index is 13.1. The second kappa shape index (κ2) is 9.36. The third kappa shape index (κ3) is 6.70. The molecule has 1 aliphatic rings. The number of piperidine rings is 1. The van der Waals surface area contributed by atoms with E-state index in [0.717, 1.165) is 19.4 Å². The Labute approximate surface area is 147 Å². The summed E-state index contributed by atoms with van der Waals surface area (Å²) in [6.45, 7) is 3.80. The van der Waals surface area contributed by atoms with Crippen molar-refractivity contribution in [2.45, 2.75) is 38.6 Å². The van der Waals surface area contributed by atoms with Gasteiger partial charge in [0.2, 0.25) is 5.91 Å². The lowest BCUT2D eigenvalue weighted by atomic mass is 9.97. The molecule has 1 aromatic rings. The van der Waals surface area contributed by atoms with Crippen LogP contribution in [0.25, 0.3) is 0 Å². The number of hydrogen-bond acceptors (Lipinski definition) is 3. The van der Waals surface area contributed by atoms with Gasteiger partial charge in [-0.25, -0.2) is 9.18 Å². The highest BCUT2D eigenvalue weighted by atomic mass is 19.1. The van der Waals surface area contributed by atoms with E-state index in [4.69, 9.17) is 5.73 Å². The van der Waals surface area contributed by atoms with E-state index >= 15 is 0 Å². The van der Waals surface area contributed by atoms with Gasteiger partial charge in [-0.1, -0.05) is 6.07 Å². The van der Waals surface area contributed by atoms with Crippen LogP contribution in [0.15, 0.2) is 24.3 Å². The van der Waals surface area contributed by atoms with Gasteiger partial charge in [0.1, 0.15) is 5.82 Å². The van der Waals surface area contributed by atoms with Gasteiger partial charge in [-0.05, 0) is 50.3 Å². The Morgan fingerprint density at radius 3 is 2.96 bits per heavy atom. The lowest BCUT2D eigenvalue weighted by Gasteiger charge is -2.33. The molecule has 1 fully saturated rings. The molecule has 0 bridgehead atoms.